The monoisotopic (exact) mass is 321 g/mol. The first kappa shape index (κ1) is 14.1. The minimum Gasteiger partial charge on any atom is -0.352 e. The van der Waals surface area contributed by atoms with Gasteiger partial charge in [0.15, 0.2) is 0 Å². The minimum absolute atomic E-state index is 0.253. The first-order valence-corrected chi connectivity index (χ1v) is 10.2. The average molecular weight is 322 g/mol. The van der Waals surface area contributed by atoms with E-state index in [1.165, 1.54) is 37.0 Å². The third-order valence-electron chi connectivity index (χ3n) is 5.83. The van der Waals surface area contributed by atoms with Crippen LogP contribution < -0.4 is 5.32 Å². The molecule has 0 unspecified atom stereocenters. The molecule has 2 bridgehead atoms. The third kappa shape index (κ3) is 2.77. The lowest BCUT2D eigenvalue weighted by molar-refractivity contribution is -0.119. The van der Waals surface area contributed by atoms with Crippen molar-refractivity contribution in [3.63, 3.8) is 0 Å². The maximum absolute atomic E-state index is 12.2. The van der Waals surface area contributed by atoms with Crippen LogP contribution in [-0.2, 0) is 10.5 Å². The molecule has 1 aromatic heterocycles. The Morgan fingerprint density at radius 3 is 3.05 bits per heavy atom. The number of rotatable bonds is 5. The van der Waals surface area contributed by atoms with Gasteiger partial charge in [0.25, 0.3) is 0 Å². The second-order valence-corrected chi connectivity index (χ2v) is 8.92. The fourth-order valence-electron chi connectivity index (χ4n) is 5.12. The molecule has 3 aliphatic rings. The van der Waals surface area contributed by atoms with Crippen LogP contribution in [0.2, 0.25) is 0 Å². The Morgan fingerprint density at radius 1 is 1.29 bits per heavy atom. The summed E-state index contributed by atoms with van der Waals surface area (Å²) in [5.74, 6) is 5.50. The van der Waals surface area contributed by atoms with E-state index in [4.69, 9.17) is 0 Å². The van der Waals surface area contributed by atoms with Gasteiger partial charge in [-0.2, -0.15) is 0 Å². The zero-order chi connectivity index (χ0) is 14.2. The first-order valence-electron chi connectivity index (χ1n) is 8.21. The van der Waals surface area contributed by atoms with E-state index < -0.39 is 0 Å². The summed E-state index contributed by atoms with van der Waals surface area (Å²) in [5.41, 5.74) is 0. The van der Waals surface area contributed by atoms with Crippen molar-refractivity contribution in [3.05, 3.63) is 22.4 Å². The molecule has 0 radical (unpaired) electrons. The predicted octanol–water partition coefficient (Wildman–Crippen LogP) is 3.92. The van der Waals surface area contributed by atoms with Gasteiger partial charge in [0.2, 0.25) is 5.91 Å². The summed E-state index contributed by atoms with van der Waals surface area (Å²) in [7, 11) is 0. The highest BCUT2D eigenvalue weighted by atomic mass is 32.2. The predicted molar refractivity (Wildman–Crippen MR) is 89.5 cm³/mol. The molecule has 0 aromatic carbocycles. The van der Waals surface area contributed by atoms with Crippen LogP contribution in [-0.4, -0.2) is 17.7 Å². The second kappa shape index (κ2) is 5.96. The van der Waals surface area contributed by atoms with Crippen molar-refractivity contribution < 1.29 is 4.79 Å². The number of fused-ring (bicyclic) bond motifs is 5. The molecule has 1 amide bonds. The Labute approximate surface area is 135 Å². The van der Waals surface area contributed by atoms with Gasteiger partial charge in [-0.15, -0.1) is 23.1 Å². The van der Waals surface area contributed by atoms with E-state index in [9.17, 15) is 4.79 Å². The van der Waals surface area contributed by atoms with Gasteiger partial charge in [0, 0.05) is 16.7 Å². The van der Waals surface area contributed by atoms with E-state index >= 15 is 0 Å². The van der Waals surface area contributed by atoms with Gasteiger partial charge in [-0.1, -0.05) is 12.5 Å². The lowest BCUT2D eigenvalue weighted by Gasteiger charge is -2.32. The number of carbonyl (C=O) groups excluding carboxylic acids is 1. The van der Waals surface area contributed by atoms with E-state index in [-0.39, 0.29) is 5.91 Å². The molecule has 114 valence electrons. The van der Waals surface area contributed by atoms with Crippen molar-refractivity contribution in [2.45, 2.75) is 43.9 Å². The number of carbonyl (C=O) groups is 1. The topological polar surface area (TPSA) is 29.1 Å². The van der Waals surface area contributed by atoms with E-state index in [2.05, 4.69) is 22.8 Å². The molecule has 2 nitrogen and oxygen atoms in total. The van der Waals surface area contributed by atoms with Crippen LogP contribution in [0.15, 0.2) is 17.5 Å². The van der Waals surface area contributed by atoms with Crippen molar-refractivity contribution in [2.75, 3.05) is 5.75 Å². The molecule has 1 heterocycles. The summed E-state index contributed by atoms with van der Waals surface area (Å²) in [4.78, 5) is 13.5. The molecule has 3 aliphatic carbocycles. The molecular formula is C17H23NOS2. The quantitative estimate of drug-likeness (QED) is 0.890. The maximum atomic E-state index is 12.2. The number of thiophene rings is 1. The first-order chi connectivity index (χ1) is 10.3. The van der Waals surface area contributed by atoms with Gasteiger partial charge < -0.3 is 5.32 Å². The smallest absolute Gasteiger partial charge is 0.230 e. The molecule has 5 atom stereocenters. The van der Waals surface area contributed by atoms with Crippen molar-refractivity contribution in [1.29, 1.82) is 0 Å². The van der Waals surface area contributed by atoms with E-state index in [0.29, 0.717) is 11.8 Å². The fraction of sp³-hybridized carbons (Fsp3) is 0.706. The van der Waals surface area contributed by atoms with Crippen LogP contribution in [0.25, 0.3) is 0 Å². The van der Waals surface area contributed by atoms with Crippen LogP contribution in [0.1, 0.15) is 37.0 Å². The molecule has 1 N–H and O–H groups in total. The number of nitrogens with one attached hydrogen (secondary N) is 1. The van der Waals surface area contributed by atoms with E-state index in [0.717, 1.165) is 29.4 Å². The molecule has 0 saturated heterocycles. The summed E-state index contributed by atoms with van der Waals surface area (Å²) >= 11 is 3.52. The molecule has 0 spiro atoms. The maximum Gasteiger partial charge on any atom is 0.230 e. The molecule has 1 aromatic rings. The van der Waals surface area contributed by atoms with Gasteiger partial charge in [-0.05, 0) is 60.8 Å². The summed E-state index contributed by atoms with van der Waals surface area (Å²) in [5, 5.41) is 5.45. The fourth-order valence-corrected chi connectivity index (χ4v) is 6.80. The Bertz CT molecular complexity index is 501. The Kier molecular flexibility index (Phi) is 4.01. The Balaban J connectivity index is 1.24. The Morgan fingerprint density at radius 2 is 2.19 bits per heavy atom. The molecule has 4 heteroatoms. The van der Waals surface area contributed by atoms with Gasteiger partial charge in [-0.3, -0.25) is 4.79 Å². The highest BCUT2D eigenvalue weighted by Crippen LogP contribution is 2.58. The number of thioether (sulfide) groups is 1. The SMILES string of the molecule is O=C(CSCc1cccs1)N[C@@H]1C[C@H]2C[C@H]1[C@@H]1CCC[C@@H]21. The van der Waals surface area contributed by atoms with Crippen molar-refractivity contribution in [2.24, 2.45) is 23.7 Å². The molecule has 3 fully saturated rings. The van der Waals surface area contributed by atoms with Crippen LogP contribution in [0.5, 0.6) is 0 Å². The van der Waals surface area contributed by atoms with E-state index in [1.54, 1.807) is 23.1 Å². The van der Waals surface area contributed by atoms with Crippen LogP contribution in [0.3, 0.4) is 0 Å². The lowest BCUT2D eigenvalue weighted by atomic mass is 9.79. The van der Waals surface area contributed by atoms with Crippen LogP contribution in [0.4, 0.5) is 0 Å². The van der Waals surface area contributed by atoms with Crippen LogP contribution >= 0.6 is 23.1 Å². The second-order valence-electron chi connectivity index (χ2n) is 6.90. The Hall–Kier alpha value is -0.480. The molecule has 3 saturated carbocycles. The lowest BCUT2D eigenvalue weighted by Crippen LogP contribution is -2.43. The average Bonchev–Trinajstić information content (AvgIpc) is 3.21. The van der Waals surface area contributed by atoms with Gasteiger partial charge in [0.1, 0.15) is 0 Å². The molecular weight excluding hydrogens is 298 g/mol. The standard InChI is InChI=1S/C17H23NOS2/c19-17(10-20-9-12-3-2-6-21-12)18-16-8-11-7-15(16)14-5-1-4-13(11)14/h2-3,6,11,13-16H,1,4-5,7-10H2,(H,18,19)/t11-,13+,14-,15+,16-/m1/s1. The summed E-state index contributed by atoms with van der Waals surface area (Å²) < 4.78 is 0. The van der Waals surface area contributed by atoms with Crippen molar-refractivity contribution in [3.8, 4) is 0 Å². The van der Waals surface area contributed by atoms with Gasteiger partial charge >= 0.3 is 0 Å². The van der Waals surface area contributed by atoms with Crippen molar-refractivity contribution >= 4 is 29.0 Å². The van der Waals surface area contributed by atoms with Gasteiger partial charge in [-0.25, -0.2) is 0 Å². The summed E-state index contributed by atoms with van der Waals surface area (Å²) in [6.45, 7) is 0. The highest BCUT2D eigenvalue weighted by molar-refractivity contribution is 7.99. The zero-order valence-electron chi connectivity index (χ0n) is 12.3. The minimum atomic E-state index is 0.253. The number of amides is 1. The summed E-state index contributed by atoms with van der Waals surface area (Å²) in [6, 6.07) is 4.71. The van der Waals surface area contributed by atoms with Crippen molar-refractivity contribution in [1.82, 2.24) is 5.32 Å². The van der Waals surface area contributed by atoms with Crippen LogP contribution in [0, 0.1) is 23.7 Å². The molecule has 21 heavy (non-hydrogen) atoms. The molecule has 4 rings (SSSR count). The number of hydrogen-bond acceptors (Lipinski definition) is 3. The molecule has 0 aliphatic heterocycles. The van der Waals surface area contributed by atoms with E-state index in [1.807, 2.05) is 0 Å². The number of hydrogen-bond donors (Lipinski definition) is 1. The summed E-state index contributed by atoms with van der Waals surface area (Å²) in [6.07, 6.45) is 6.96. The van der Waals surface area contributed by atoms with Gasteiger partial charge in [0.05, 0.1) is 5.75 Å². The normalized spacial score (nSPS) is 36.9. The zero-order valence-corrected chi connectivity index (χ0v) is 13.9. The highest BCUT2D eigenvalue weighted by Gasteiger charge is 2.53. The largest absolute Gasteiger partial charge is 0.352 e. The third-order valence-corrected chi connectivity index (χ3v) is 7.87.